The number of carbonyl (C=O) groups is 4. The number of benzene rings is 1. The number of ether oxygens (including phenoxy) is 2. The molecule has 0 unspecified atom stereocenters. The summed E-state index contributed by atoms with van der Waals surface area (Å²) in [5, 5.41) is 5.59. The molecule has 7 atom stereocenters. The van der Waals surface area contributed by atoms with E-state index in [-0.39, 0.29) is 48.4 Å². The van der Waals surface area contributed by atoms with Crippen LogP contribution in [0.5, 0.6) is 5.88 Å². The predicted octanol–water partition coefficient (Wildman–Crippen LogP) is 3.89. The van der Waals surface area contributed by atoms with E-state index >= 15 is 0 Å². The normalized spacial score (nSPS) is 34.1. The monoisotopic (exact) mass is 789 g/mol. The highest BCUT2D eigenvalue weighted by Crippen LogP contribution is 2.61. The van der Waals surface area contributed by atoms with Gasteiger partial charge in [0.15, 0.2) is 11.3 Å². The van der Waals surface area contributed by atoms with Gasteiger partial charge < -0.3 is 30.0 Å². The number of pyridine rings is 1. The summed E-state index contributed by atoms with van der Waals surface area (Å²) in [6, 6.07) is 4.99. The van der Waals surface area contributed by atoms with Gasteiger partial charge in [0.1, 0.15) is 29.3 Å². The van der Waals surface area contributed by atoms with Gasteiger partial charge in [-0.2, -0.15) is 0 Å². The lowest BCUT2D eigenvalue weighted by atomic mass is 9.96. The number of allylic oxidation sites excluding steroid dienone is 2. The van der Waals surface area contributed by atoms with Crippen molar-refractivity contribution in [3.63, 3.8) is 0 Å². The number of hydrogen-bond donors (Lipinski definition) is 4. The molecule has 15 heteroatoms. The third-order valence-electron chi connectivity index (χ3n) is 13.3. The molecule has 1 aromatic carbocycles. The van der Waals surface area contributed by atoms with Gasteiger partial charge in [0.05, 0.1) is 22.9 Å². The Bertz CT molecular complexity index is 2180. The zero-order valence-electron chi connectivity index (χ0n) is 31.9. The first kappa shape index (κ1) is 38.2. The van der Waals surface area contributed by atoms with Gasteiger partial charge in [-0.25, -0.2) is 13.2 Å². The van der Waals surface area contributed by atoms with Crippen LogP contribution >= 0.6 is 0 Å². The van der Waals surface area contributed by atoms with Crippen molar-refractivity contribution >= 4 is 44.7 Å². The van der Waals surface area contributed by atoms with E-state index in [0.29, 0.717) is 55.0 Å². The molecular formula is C41H51N5O9S. The van der Waals surface area contributed by atoms with E-state index in [1.807, 2.05) is 25.1 Å². The van der Waals surface area contributed by atoms with E-state index in [4.69, 9.17) is 9.47 Å². The van der Waals surface area contributed by atoms with E-state index in [1.54, 1.807) is 18.2 Å². The molecule has 2 bridgehead atoms. The summed E-state index contributed by atoms with van der Waals surface area (Å²) in [7, 11) is -3.91. The fraction of sp³-hybridized carbons (Fsp3) is 0.585. The minimum Gasteiger partial charge on any atom is -0.473 e. The number of H-pyrrole nitrogens is 1. The van der Waals surface area contributed by atoms with Crippen LogP contribution in [0.25, 0.3) is 10.9 Å². The van der Waals surface area contributed by atoms with Crippen LogP contribution in [0.2, 0.25) is 0 Å². The Morgan fingerprint density at radius 2 is 1.80 bits per heavy atom. The molecule has 6 aliphatic rings. The number of amides is 4. The lowest BCUT2D eigenvalue weighted by Gasteiger charge is -2.32. The minimum atomic E-state index is -3.91. The first-order chi connectivity index (χ1) is 26.7. The maximum Gasteiger partial charge on any atom is 0.408 e. The SMILES string of the molecule is C=C[C@@H]1C[C@]1(NC(=O)[C@@H]1C[C@@H]2CN1C(=O)[C@H](C1CCCC1)NC(=O)O[C@]1(C)C[C@@]1(C)CC/C=C/Cc1c([nH]c3ccccc3c1=O)O2)C(=O)NS(=O)(=O)C1CC1. The van der Waals surface area contributed by atoms with E-state index in [1.165, 1.54) is 11.0 Å². The molecule has 1 saturated heterocycles. The number of aromatic amines is 1. The van der Waals surface area contributed by atoms with Gasteiger partial charge in [-0.3, -0.25) is 23.9 Å². The summed E-state index contributed by atoms with van der Waals surface area (Å²) in [5.74, 6) is -2.48. The summed E-state index contributed by atoms with van der Waals surface area (Å²) in [5.41, 5.74) is -1.78. The van der Waals surface area contributed by atoms with Crippen LogP contribution < -0.4 is 25.5 Å². The zero-order chi connectivity index (χ0) is 39.6. The smallest absolute Gasteiger partial charge is 0.408 e. The Morgan fingerprint density at radius 3 is 2.52 bits per heavy atom. The summed E-state index contributed by atoms with van der Waals surface area (Å²) in [4.78, 5) is 75.1. The quantitative estimate of drug-likeness (QED) is 0.301. The molecule has 8 rings (SSSR count). The lowest BCUT2D eigenvalue weighted by Crippen LogP contribution is -2.59. The zero-order valence-corrected chi connectivity index (χ0v) is 32.8. The van der Waals surface area contributed by atoms with Crippen molar-refractivity contribution in [3.8, 4) is 5.88 Å². The van der Waals surface area contributed by atoms with Gasteiger partial charge in [-0.15, -0.1) is 6.58 Å². The second-order valence-electron chi connectivity index (χ2n) is 17.2. The largest absolute Gasteiger partial charge is 0.473 e. The molecule has 0 spiro atoms. The van der Waals surface area contributed by atoms with Crippen LogP contribution in [0, 0.1) is 17.3 Å². The molecule has 2 aliphatic heterocycles. The lowest BCUT2D eigenvalue weighted by molar-refractivity contribution is -0.142. The van der Waals surface area contributed by atoms with E-state index < -0.39 is 74.3 Å². The summed E-state index contributed by atoms with van der Waals surface area (Å²) in [6.07, 6.45) is 10.6. The molecule has 14 nitrogen and oxygen atoms in total. The fourth-order valence-corrected chi connectivity index (χ4v) is 10.6. The number of para-hydroxylation sites is 1. The van der Waals surface area contributed by atoms with Crippen LogP contribution in [0.15, 0.2) is 53.9 Å². The van der Waals surface area contributed by atoms with Gasteiger partial charge in [0.25, 0.3) is 5.91 Å². The summed E-state index contributed by atoms with van der Waals surface area (Å²) < 4.78 is 40.3. The molecule has 1 aromatic heterocycles. The molecular weight excluding hydrogens is 739 g/mol. The van der Waals surface area contributed by atoms with Crippen molar-refractivity contribution in [1.82, 2.24) is 25.2 Å². The number of alkyl carbamates (subject to hydrolysis) is 1. The standard InChI is InChI=1S/C41H51N5O9S/c1-4-25-21-41(25,37(50)45-56(52,53)27-17-18-27)44-34(48)31-20-26-22-46(31)36(49)32(24-12-7-8-13-24)43-38(51)55-40(3)23-39(40,2)19-11-5-6-15-29-33(47)28-14-9-10-16-30(28)42-35(29)54-26/h4-6,9-10,14,16,24-27,31-32H,1,7-8,11-13,15,17-23H2,2-3H3,(H,42,47)(H,43,51)(H,44,48)(H,45,50)/b6-5+/t25-,26-,31+,32+,39-,40-,41-/m1/s1. The van der Waals surface area contributed by atoms with Crippen LogP contribution in [-0.4, -0.2) is 83.2 Å². The highest BCUT2D eigenvalue weighted by molar-refractivity contribution is 7.91. The van der Waals surface area contributed by atoms with Gasteiger partial charge in [0.2, 0.25) is 21.8 Å². The number of fused-ring (bicyclic) bond motifs is 5. The van der Waals surface area contributed by atoms with Crippen molar-refractivity contribution in [2.24, 2.45) is 17.3 Å². The second-order valence-corrected chi connectivity index (χ2v) is 19.2. The Morgan fingerprint density at radius 1 is 1.05 bits per heavy atom. The van der Waals surface area contributed by atoms with Crippen LogP contribution in [0.4, 0.5) is 4.79 Å². The van der Waals surface area contributed by atoms with Crippen LogP contribution in [-0.2, 0) is 35.6 Å². The number of sulfonamides is 1. The number of nitrogens with zero attached hydrogens (tertiary/aromatic N) is 1. The van der Waals surface area contributed by atoms with E-state index in [0.717, 1.165) is 19.3 Å². The Kier molecular flexibility index (Phi) is 9.60. The molecule has 4 saturated carbocycles. The molecule has 4 N–H and O–H groups in total. The third-order valence-corrected chi connectivity index (χ3v) is 15.1. The number of aromatic nitrogens is 1. The maximum atomic E-state index is 14.8. The van der Waals surface area contributed by atoms with Crippen molar-refractivity contribution in [1.29, 1.82) is 0 Å². The average Bonchev–Trinajstić information content (AvgIpc) is 4.10. The van der Waals surface area contributed by atoms with Crippen molar-refractivity contribution < 1.29 is 37.1 Å². The highest BCUT2D eigenvalue weighted by atomic mass is 32.2. The second kappa shape index (κ2) is 14.1. The van der Waals surface area contributed by atoms with Crippen LogP contribution in [0.3, 0.4) is 0 Å². The summed E-state index contributed by atoms with van der Waals surface area (Å²) in [6.45, 7) is 7.71. The highest BCUT2D eigenvalue weighted by Gasteiger charge is 2.64. The van der Waals surface area contributed by atoms with Crippen molar-refractivity contribution in [2.45, 2.75) is 125 Å². The number of hydrogen-bond acceptors (Lipinski definition) is 9. The molecule has 0 radical (unpaired) electrons. The number of nitrogens with one attached hydrogen (secondary N) is 4. The fourth-order valence-electron chi connectivity index (χ4n) is 9.25. The molecule has 3 heterocycles. The van der Waals surface area contributed by atoms with Gasteiger partial charge >= 0.3 is 6.09 Å². The first-order valence-corrected chi connectivity index (χ1v) is 21.5. The minimum absolute atomic E-state index is 0.00318. The first-order valence-electron chi connectivity index (χ1n) is 19.9. The third kappa shape index (κ3) is 7.00. The Balaban J connectivity index is 1.15. The van der Waals surface area contributed by atoms with Gasteiger partial charge in [-0.1, -0.05) is 50.1 Å². The van der Waals surface area contributed by atoms with Crippen molar-refractivity contribution in [3.05, 3.63) is 64.9 Å². The molecule has 2 aromatic rings. The molecule has 4 aliphatic carbocycles. The van der Waals surface area contributed by atoms with Gasteiger partial charge in [-0.05, 0) is 82.8 Å². The molecule has 4 amide bonds. The van der Waals surface area contributed by atoms with Crippen LogP contribution in [0.1, 0.15) is 90.0 Å². The predicted molar refractivity (Wildman–Crippen MR) is 207 cm³/mol. The number of rotatable bonds is 7. The average molecular weight is 790 g/mol. The van der Waals surface area contributed by atoms with Crippen molar-refractivity contribution in [2.75, 3.05) is 6.54 Å². The Labute approximate surface area is 326 Å². The molecule has 5 fully saturated rings. The topological polar surface area (TPSA) is 193 Å². The maximum absolute atomic E-state index is 14.8. The van der Waals surface area contributed by atoms with E-state index in [2.05, 4.69) is 33.8 Å². The molecule has 300 valence electrons. The summed E-state index contributed by atoms with van der Waals surface area (Å²) >= 11 is 0. The Hall–Kier alpha value is -4.66. The van der Waals surface area contributed by atoms with Gasteiger partial charge in [0, 0.05) is 23.1 Å². The number of carbonyl (C=O) groups excluding carboxylic acids is 4. The van der Waals surface area contributed by atoms with E-state index in [9.17, 15) is 32.4 Å². The molecule has 56 heavy (non-hydrogen) atoms.